The average Bonchev–Trinajstić information content (AvgIpc) is 3.53. The molecule has 4 aromatic rings. The number of aryl methyl sites for hydroxylation is 4. The maximum atomic E-state index is 13.1. The monoisotopic (exact) mass is 568 g/mol. The molecule has 0 saturated carbocycles. The zero-order chi connectivity index (χ0) is 33.3. The summed E-state index contributed by atoms with van der Waals surface area (Å²) in [6.45, 7) is 2.40. The van der Waals surface area contributed by atoms with E-state index in [0.717, 1.165) is 23.0 Å². The van der Waals surface area contributed by atoms with Gasteiger partial charge in [0.15, 0.2) is 22.3 Å². The number of fused-ring (bicyclic) bond motifs is 2. The highest BCUT2D eigenvalue weighted by molar-refractivity contribution is 5.70. The second-order valence-corrected chi connectivity index (χ2v) is 9.50. The molecule has 4 rings (SSSR count). The Morgan fingerprint density at radius 3 is 1.38 bits per heavy atom. The van der Waals surface area contributed by atoms with Crippen molar-refractivity contribution in [1.29, 1.82) is 0 Å². The minimum absolute atomic E-state index is 0.0405. The molecule has 0 bridgehead atoms. The van der Waals surface area contributed by atoms with Crippen molar-refractivity contribution in [2.75, 3.05) is 0 Å². The number of nitrogens with zero attached hydrogens (tertiary/aromatic N) is 8. The standard InChI is InChI=1S/2C13H19FN4O2/c2*1-9(14)6-4-5-7-18-12(19)10-11(15-8-16(10)2)17(3)13(18)20/h2*8-9H,4-7H2,1-3H3/t2*9-/m10/s1/i2*6D2. The predicted octanol–water partition coefficient (Wildman–Crippen LogP) is 1.92. The first kappa shape index (κ1) is 25.1. The van der Waals surface area contributed by atoms with Gasteiger partial charge >= 0.3 is 11.4 Å². The van der Waals surface area contributed by atoms with Crippen molar-refractivity contribution in [1.82, 2.24) is 37.4 Å². The highest BCUT2D eigenvalue weighted by Crippen LogP contribution is 2.07. The molecule has 0 unspecified atom stereocenters. The van der Waals surface area contributed by atoms with E-state index in [4.69, 9.17) is 5.48 Å². The summed E-state index contributed by atoms with van der Waals surface area (Å²) in [6.07, 6.45) is -3.97. The van der Waals surface area contributed by atoms with E-state index in [1.54, 1.807) is 14.1 Å². The lowest BCUT2D eigenvalue weighted by molar-refractivity contribution is 0.327. The lowest BCUT2D eigenvalue weighted by atomic mass is 10.2. The zero-order valence-corrected chi connectivity index (χ0v) is 23.5. The van der Waals surface area contributed by atoms with Crippen LogP contribution in [-0.2, 0) is 41.3 Å². The number of imidazole rings is 2. The molecule has 40 heavy (non-hydrogen) atoms. The van der Waals surface area contributed by atoms with E-state index in [9.17, 15) is 28.0 Å². The molecule has 4 heterocycles. The maximum absolute atomic E-state index is 13.1. The molecule has 0 radical (unpaired) electrons. The molecule has 220 valence electrons. The molecule has 14 heteroatoms. The SMILES string of the molecule is [2H]C([2H])(CCCn1c(=O)c2c(ncn2C)n(C)c1=O)[C@@H](C)F.[2H]C([2H])(CCCn1c(=O)c2c(ncn2C)n(C)c1=O)[C@H](C)F. The van der Waals surface area contributed by atoms with Gasteiger partial charge in [0.1, 0.15) is 0 Å². The third-order valence-corrected chi connectivity index (χ3v) is 6.37. The van der Waals surface area contributed by atoms with Gasteiger partial charge in [0.05, 0.1) is 25.0 Å². The van der Waals surface area contributed by atoms with Gasteiger partial charge in [-0.2, -0.15) is 0 Å². The topological polar surface area (TPSA) is 124 Å². The van der Waals surface area contributed by atoms with Crippen molar-refractivity contribution >= 4 is 22.3 Å². The highest BCUT2D eigenvalue weighted by Gasteiger charge is 2.15. The molecule has 0 N–H and O–H groups in total. The van der Waals surface area contributed by atoms with Gasteiger partial charge in [0.25, 0.3) is 11.1 Å². The van der Waals surface area contributed by atoms with Crippen molar-refractivity contribution in [2.24, 2.45) is 28.2 Å². The van der Waals surface area contributed by atoms with E-state index in [0.29, 0.717) is 22.3 Å². The van der Waals surface area contributed by atoms with E-state index in [2.05, 4.69) is 9.97 Å². The summed E-state index contributed by atoms with van der Waals surface area (Å²) in [5, 5.41) is 0. The Balaban J connectivity index is 0.000000240. The molecule has 0 spiro atoms. The third kappa shape index (κ3) is 6.48. The summed E-state index contributed by atoms with van der Waals surface area (Å²) in [6, 6.07) is 0. The normalized spacial score (nSPS) is 15.2. The van der Waals surface area contributed by atoms with Crippen LogP contribution in [0.5, 0.6) is 0 Å². The van der Waals surface area contributed by atoms with Crippen LogP contribution in [0, 0.1) is 0 Å². The van der Waals surface area contributed by atoms with Crippen molar-refractivity contribution in [3.8, 4) is 0 Å². The van der Waals surface area contributed by atoms with Crippen LogP contribution in [-0.4, -0.2) is 49.7 Å². The smallest absolute Gasteiger partial charge is 0.328 e. The molecular formula is C26H38F2N8O4. The van der Waals surface area contributed by atoms with Crippen LogP contribution < -0.4 is 22.5 Å². The minimum atomic E-state index is -1.97. The first-order chi connectivity index (χ1) is 20.3. The van der Waals surface area contributed by atoms with E-state index in [1.165, 1.54) is 45.0 Å². The molecule has 0 amide bonds. The van der Waals surface area contributed by atoms with E-state index < -0.39 is 47.6 Å². The molecule has 0 fully saturated rings. The van der Waals surface area contributed by atoms with Gasteiger partial charge in [-0.25, -0.2) is 28.3 Å². The second-order valence-electron chi connectivity index (χ2n) is 9.50. The minimum Gasteiger partial charge on any atom is -0.328 e. The van der Waals surface area contributed by atoms with Crippen LogP contribution in [0.15, 0.2) is 31.8 Å². The molecule has 0 aliphatic heterocycles. The molecule has 0 saturated heterocycles. The van der Waals surface area contributed by atoms with Crippen molar-refractivity contribution in [2.45, 2.75) is 77.7 Å². The first-order valence-electron chi connectivity index (χ1n) is 14.8. The van der Waals surface area contributed by atoms with Crippen molar-refractivity contribution in [3.63, 3.8) is 0 Å². The van der Waals surface area contributed by atoms with E-state index in [1.807, 2.05) is 0 Å². The van der Waals surface area contributed by atoms with Crippen molar-refractivity contribution < 1.29 is 14.3 Å². The van der Waals surface area contributed by atoms with Crippen molar-refractivity contribution in [3.05, 3.63) is 54.3 Å². The van der Waals surface area contributed by atoms with Crippen LogP contribution in [0.3, 0.4) is 0 Å². The van der Waals surface area contributed by atoms with Gasteiger partial charge in [0, 0.05) is 46.8 Å². The first-order valence-corrected chi connectivity index (χ1v) is 12.8. The Bertz CT molecular complexity index is 1750. The maximum Gasteiger partial charge on any atom is 0.332 e. The van der Waals surface area contributed by atoms with Gasteiger partial charge in [0.2, 0.25) is 0 Å². The van der Waals surface area contributed by atoms with Crippen LogP contribution in [0.1, 0.15) is 57.8 Å². The quantitative estimate of drug-likeness (QED) is 0.288. The van der Waals surface area contributed by atoms with Crippen LogP contribution in [0.4, 0.5) is 8.78 Å². The summed E-state index contributed by atoms with van der Waals surface area (Å²) in [5.74, 6) is 0. The summed E-state index contributed by atoms with van der Waals surface area (Å²) in [7, 11) is 6.37. The number of aromatic nitrogens is 8. The molecule has 2 atom stereocenters. The molecule has 12 nitrogen and oxygen atoms in total. The summed E-state index contributed by atoms with van der Waals surface area (Å²) in [4.78, 5) is 57.3. The van der Waals surface area contributed by atoms with Gasteiger partial charge in [-0.05, 0) is 52.3 Å². The van der Waals surface area contributed by atoms with Crippen LogP contribution in [0.2, 0.25) is 0 Å². The number of halogens is 2. The fraction of sp³-hybridized carbons (Fsp3) is 0.615. The Kier molecular flexibility index (Phi) is 8.18. The van der Waals surface area contributed by atoms with Gasteiger partial charge in [-0.1, -0.05) is 0 Å². The summed E-state index contributed by atoms with van der Waals surface area (Å²) in [5.41, 5.74) is -0.718. The second kappa shape index (κ2) is 13.0. The Morgan fingerprint density at radius 1 is 0.700 bits per heavy atom. The number of hydrogen-bond acceptors (Lipinski definition) is 6. The van der Waals surface area contributed by atoms with Gasteiger partial charge < -0.3 is 9.13 Å². The largest absolute Gasteiger partial charge is 0.332 e. The van der Waals surface area contributed by atoms with E-state index >= 15 is 0 Å². The van der Waals surface area contributed by atoms with Gasteiger partial charge in [-0.3, -0.25) is 27.9 Å². The third-order valence-electron chi connectivity index (χ3n) is 6.37. The Hall–Kier alpha value is -3.84. The van der Waals surface area contributed by atoms with Crippen LogP contribution >= 0.6 is 0 Å². The fourth-order valence-electron chi connectivity index (χ4n) is 4.26. The zero-order valence-electron chi connectivity index (χ0n) is 27.5. The Labute approximate surface area is 234 Å². The Morgan fingerprint density at radius 2 is 1.05 bits per heavy atom. The molecule has 0 aromatic carbocycles. The molecule has 4 aromatic heterocycles. The highest BCUT2D eigenvalue weighted by atomic mass is 19.1. The van der Waals surface area contributed by atoms with Crippen LogP contribution in [0.25, 0.3) is 22.3 Å². The lowest BCUT2D eigenvalue weighted by Crippen LogP contribution is -2.39. The number of hydrogen-bond donors (Lipinski definition) is 0. The molecule has 0 aliphatic carbocycles. The lowest BCUT2D eigenvalue weighted by Gasteiger charge is -2.08. The summed E-state index contributed by atoms with van der Waals surface area (Å²) >= 11 is 0. The van der Waals surface area contributed by atoms with E-state index in [-0.39, 0.29) is 38.8 Å². The molecule has 0 aliphatic rings. The van der Waals surface area contributed by atoms with Gasteiger partial charge in [-0.15, -0.1) is 0 Å². The molecular weight excluding hydrogens is 526 g/mol. The number of alkyl halides is 2. The average molecular weight is 569 g/mol. The number of rotatable bonds is 10. The fourth-order valence-corrected chi connectivity index (χ4v) is 4.26. The summed E-state index contributed by atoms with van der Waals surface area (Å²) < 4.78 is 64.2. The predicted molar refractivity (Wildman–Crippen MR) is 149 cm³/mol.